The zero-order valence-electron chi connectivity index (χ0n) is 13.3. The van der Waals surface area contributed by atoms with Gasteiger partial charge in [-0.2, -0.15) is 0 Å². The van der Waals surface area contributed by atoms with Gasteiger partial charge in [0.25, 0.3) is 5.56 Å². The van der Waals surface area contributed by atoms with Gasteiger partial charge in [-0.1, -0.05) is 0 Å². The van der Waals surface area contributed by atoms with Crippen molar-refractivity contribution in [2.24, 2.45) is 0 Å². The average molecular weight is 353 g/mol. The van der Waals surface area contributed by atoms with Gasteiger partial charge in [0.1, 0.15) is 18.3 Å². The molecule has 0 radical (unpaired) electrons. The number of fused-ring (bicyclic) bond motifs is 1. The standard InChI is InChI=1S/C14H19N5O6/c20-5-7-9(21)10(22)13(25-7)19-11-8(12(23)16-6-15-11)17-14(19)18-1-3-24-4-2-18/h6-7,9-10,13,20-22H,1-5H2,(H,15,16,23)/t7-,9-,10+,13-/m1/s1. The van der Waals surface area contributed by atoms with Crippen molar-refractivity contribution in [2.75, 3.05) is 37.8 Å². The summed E-state index contributed by atoms with van der Waals surface area (Å²) in [5.41, 5.74) is -0.0631. The molecule has 11 nitrogen and oxygen atoms in total. The van der Waals surface area contributed by atoms with Gasteiger partial charge in [0.2, 0.25) is 5.95 Å². The lowest BCUT2D eigenvalue weighted by molar-refractivity contribution is -0.0506. The number of aliphatic hydroxyl groups excluding tert-OH is 3. The summed E-state index contributed by atoms with van der Waals surface area (Å²) in [6, 6.07) is 0. The first-order valence-electron chi connectivity index (χ1n) is 8.02. The van der Waals surface area contributed by atoms with Crippen molar-refractivity contribution in [3.8, 4) is 0 Å². The lowest BCUT2D eigenvalue weighted by Crippen LogP contribution is -2.39. The summed E-state index contributed by atoms with van der Waals surface area (Å²) in [6.07, 6.45) is -3.27. The van der Waals surface area contributed by atoms with Crippen molar-refractivity contribution in [1.82, 2.24) is 19.5 Å². The van der Waals surface area contributed by atoms with Crippen LogP contribution in [0.3, 0.4) is 0 Å². The number of ether oxygens (including phenoxy) is 2. The highest BCUT2D eigenvalue weighted by molar-refractivity contribution is 5.73. The van der Waals surface area contributed by atoms with E-state index in [9.17, 15) is 20.1 Å². The zero-order valence-corrected chi connectivity index (χ0v) is 13.3. The number of nitrogens with one attached hydrogen (secondary N) is 1. The number of hydrogen-bond acceptors (Lipinski definition) is 9. The fourth-order valence-corrected chi connectivity index (χ4v) is 3.22. The number of rotatable bonds is 3. The summed E-state index contributed by atoms with van der Waals surface area (Å²) >= 11 is 0. The SMILES string of the molecule is O=c1[nH]cnc2c1nc(N1CCOCC1)n2[C@@H]1O[C@H](CO)[C@@H](O)[C@@H]1O. The van der Waals surface area contributed by atoms with Gasteiger partial charge in [-0.25, -0.2) is 9.97 Å². The molecule has 4 heterocycles. The van der Waals surface area contributed by atoms with Crippen molar-refractivity contribution in [3.63, 3.8) is 0 Å². The van der Waals surface area contributed by atoms with Crippen LogP contribution in [0.1, 0.15) is 6.23 Å². The Balaban J connectivity index is 1.86. The number of anilines is 1. The second kappa shape index (κ2) is 6.35. The highest BCUT2D eigenvalue weighted by Crippen LogP contribution is 2.34. The summed E-state index contributed by atoms with van der Waals surface area (Å²) in [5.74, 6) is 0.400. The van der Waals surface area contributed by atoms with E-state index in [1.54, 1.807) is 0 Å². The first-order valence-corrected chi connectivity index (χ1v) is 8.02. The molecule has 25 heavy (non-hydrogen) atoms. The predicted molar refractivity (Wildman–Crippen MR) is 84.2 cm³/mol. The molecule has 2 fully saturated rings. The first-order chi connectivity index (χ1) is 12.1. The van der Waals surface area contributed by atoms with E-state index in [0.717, 1.165) is 0 Å². The minimum Gasteiger partial charge on any atom is -0.394 e. The van der Waals surface area contributed by atoms with E-state index in [0.29, 0.717) is 32.3 Å². The van der Waals surface area contributed by atoms with Crippen molar-refractivity contribution in [3.05, 3.63) is 16.7 Å². The maximum absolute atomic E-state index is 12.1. The number of aliphatic hydroxyl groups is 3. The number of H-pyrrole nitrogens is 1. The molecule has 136 valence electrons. The number of aromatic nitrogens is 4. The lowest BCUT2D eigenvalue weighted by atomic mass is 10.1. The van der Waals surface area contributed by atoms with Gasteiger partial charge >= 0.3 is 0 Å². The molecule has 0 unspecified atom stereocenters. The Morgan fingerprint density at radius 1 is 1.28 bits per heavy atom. The summed E-state index contributed by atoms with van der Waals surface area (Å²) in [5, 5.41) is 29.8. The van der Waals surface area contributed by atoms with Crippen LogP contribution < -0.4 is 10.5 Å². The molecule has 0 amide bonds. The van der Waals surface area contributed by atoms with Crippen molar-refractivity contribution in [2.45, 2.75) is 24.5 Å². The van der Waals surface area contributed by atoms with E-state index in [1.165, 1.54) is 10.9 Å². The summed E-state index contributed by atoms with van der Waals surface area (Å²) < 4.78 is 12.5. The lowest BCUT2D eigenvalue weighted by Gasteiger charge is -2.30. The normalized spacial score (nSPS) is 30.3. The monoisotopic (exact) mass is 353 g/mol. The smallest absolute Gasteiger partial charge is 0.278 e. The third-order valence-corrected chi connectivity index (χ3v) is 4.53. The van der Waals surface area contributed by atoms with Crippen LogP contribution in [0.4, 0.5) is 5.95 Å². The Hall–Kier alpha value is -2.05. The highest BCUT2D eigenvalue weighted by Gasteiger charge is 2.45. The van der Waals surface area contributed by atoms with E-state index in [-0.39, 0.29) is 11.2 Å². The molecule has 2 aromatic heterocycles. The van der Waals surface area contributed by atoms with Crippen LogP contribution in [0, 0.1) is 0 Å². The van der Waals surface area contributed by atoms with E-state index in [2.05, 4.69) is 15.0 Å². The van der Waals surface area contributed by atoms with Crippen molar-refractivity contribution in [1.29, 1.82) is 0 Å². The van der Waals surface area contributed by atoms with Crippen LogP contribution in [0.25, 0.3) is 11.2 Å². The Kier molecular flexibility index (Phi) is 4.17. The number of morpholine rings is 1. The number of imidazole rings is 1. The Morgan fingerprint density at radius 2 is 2.04 bits per heavy atom. The second-order valence-electron chi connectivity index (χ2n) is 6.01. The molecule has 2 aromatic rings. The minimum absolute atomic E-state index is 0.113. The molecule has 0 aliphatic carbocycles. The van der Waals surface area contributed by atoms with E-state index in [1.807, 2.05) is 4.90 Å². The van der Waals surface area contributed by atoms with Gasteiger partial charge in [-0.05, 0) is 0 Å². The van der Waals surface area contributed by atoms with Crippen LogP contribution in [0.15, 0.2) is 11.1 Å². The van der Waals surface area contributed by atoms with Crippen LogP contribution in [0.2, 0.25) is 0 Å². The molecule has 4 N–H and O–H groups in total. The van der Waals surface area contributed by atoms with Crippen LogP contribution in [0.5, 0.6) is 0 Å². The molecule has 2 saturated heterocycles. The number of aromatic amines is 1. The van der Waals surface area contributed by atoms with Crippen molar-refractivity contribution >= 4 is 17.1 Å². The van der Waals surface area contributed by atoms with Gasteiger partial charge in [-0.3, -0.25) is 9.36 Å². The van der Waals surface area contributed by atoms with Gasteiger partial charge < -0.3 is 34.7 Å². The molecule has 0 bridgehead atoms. The van der Waals surface area contributed by atoms with E-state index in [4.69, 9.17) is 9.47 Å². The number of hydrogen-bond donors (Lipinski definition) is 4. The maximum Gasteiger partial charge on any atom is 0.278 e. The zero-order chi connectivity index (χ0) is 17.6. The van der Waals surface area contributed by atoms with Crippen LogP contribution in [-0.4, -0.2) is 86.1 Å². The van der Waals surface area contributed by atoms with E-state index >= 15 is 0 Å². The quantitative estimate of drug-likeness (QED) is 0.473. The summed E-state index contributed by atoms with van der Waals surface area (Å²) in [6.45, 7) is 1.67. The molecule has 2 aliphatic heterocycles. The third kappa shape index (κ3) is 2.60. The Bertz CT molecular complexity index is 816. The average Bonchev–Trinajstić information content (AvgIpc) is 3.15. The molecular formula is C14H19N5O6. The number of nitrogens with zero attached hydrogens (tertiary/aromatic N) is 4. The van der Waals surface area contributed by atoms with Crippen LogP contribution >= 0.6 is 0 Å². The van der Waals surface area contributed by atoms with Gasteiger partial charge in [0, 0.05) is 13.1 Å². The molecule has 0 spiro atoms. The molecule has 4 rings (SSSR count). The second-order valence-corrected chi connectivity index (χ2v) is 6.01. The molecule has 0 aromatic carbocycles. The fourth-order valence-electron chi connectivity index (χ4n) is 3.22. The Labute approximate surface area is 141 Å². The van der Waals surface area contributed by atoms with Gasteiger partial charge in [0.05, 0.1) is 26.1 Å². The molecule has 0 saturated carbocycles. The highest BCUT2D eigenvalue weighted by atomic mass is 16.6. The maximum atomic E-state index is 12.1. The minimum atomic E-state index is -1.30. The molecule has 4 atom stereocenters. The summed E-state index contributed by atoms with van der Waals surface area (Å²) in [7, 11) is 0. The third-order valence-electron chi connectivity index (χ3n) is 4.53. The largest absolute Gasteiger partial charge is 0.394 e. The molecular weight excluding hydrogens is 334 g/mol. The topological polar surface area (TPSA) is 146 Å². The summed E-state index contributed by atoms with van der Waals surface area (Å²) in [4.78, 5) is 25.0. The molecule has 11 heteroatoms. The van der Waals surface area contributed by atoms with Crippen LogP contribution in [-0.2, 0) is 9.47 Å². The predicted octanol–water partition coefficient (Wildman–Crippen LogP) is -2.43. The van der Waals surface area contributed by atoms with Gasteiger partial charge in [0.15, 0.2) is 17.4 Å². The first kappa shape index (κ1) is 16.4. The van der Waals surface area contributed by atoms with Gasteiger partial charge in [-0.15, -0.1) is 0 Å². The van der Waals surface area contributed by atoms with Crippen molar-refractivity contribution < 1.29 is 24.8 Å². The fraction of sp³-hybridized carbons (Fsp3) is 0.643. The Morgan fingerprint density at radius 3 is 2.72 bits per heavy atom. The molecule has 2 aliphatic rings. The van der Waals surface area contributed by atoms with E-state index < -0.39 is 36.7 Å².